The summed E-state index contributed by atoms with van der Waals surface area (Å²) >= 11 is 0. The zero-order valence-corrected chi connectivity index (χ0v) is 12.5. The second kappa shape index (κ2) is 7.23. The summed E-state index contributed by atoms with van der Waals surface area (Å²) in [7, 11) is 0. The van der Waals surface area contributed by atoms with E-state index in [0.29, 0.717) is 24.5 Å². The van der Waals surface area contributed by atoms with Crippen LogP contribution in [0.25, 0.3) is 0 Å². The predicted molar refractivity (Wildman–Crippen MR) is 80.4 cm³/mol. The molecule has 0 aromatic carbocycles. The van der Waals surface area contributed by atoms with Gasteiger partial charge in [0, 0.05) is 26.2 Å². The largest absolute Gasteiger partial charge is 0.379 e. The van der Waals surface area contributed by atoms with Crippen LogP contribution in [0.2, 0.25) is 0 Å². The molecular weight excluding hydrogens is 256 g/mol. The Morgan fingerprint density at radius 2 is 1.90 bits per heavy atom. The van der Waals surface area contributed by atoms with Crippen LogP contribution in [-0.4, -0.2) is 53.8 Å². The van der Waals surface area contributed by atoms with Gasteiger partial charge >= 0.3 is 0 Å². The Morgan fingerprint density at radius 3 is 2.50 bits per heavy atom. The van der Waals surface area contributed by atoms with Gasteiger partial charge in [0.25, 0.3) is 0 Å². The van der Waals surface area contributed by atoms with Gasteiger partial charge < -0.3 is 20.3 Å². The number of aromatic nitrogens is 3. The summed E-state index contributed by atoms with van der Waals surface area (Å²) in [6, 6.07) is 0.288. The Bertz CT molecular complexity index is 417. The minimum atomic E-state index is 0.288. The van der Waals surface area contributed by atoms with Crippen LogP contribution in [0.5, 0.6) is 0 Å². The number of hydrogen-bond donors (Lipinski definition) is 2. The maximum atomic E-state index is 5.37. The third kappa shape index (κ3) is 3.69. The van der Waals surface area contributed by atoms with Crippen molar-refractivity contribution in [2.75, 3.05) is 48.4 Å². The van der Waals surface area contributed by atoms with Crippen LogP contribution in [-0.2, 0) is 4.74 Å². The second-order valence-corrected chi connectivity index (χ2v) is 4.69. The number of nitrogens with one attached hydrogen (secondary N) is 2. The van der Waals surface area contributed by atoms with Gasteiger partial charge in [-0.05, 0) is 27.2 Å². The van der Waals surface area contributed by atoms with Crippen LogP contribution in [0.4, 0.5) is 17.8 Å². The molecule has 0 radical (unpaired) electrons. The summed E-state index contributed by atoms with van der Waals surface area (Å²) in [4.78, 5) is 15.5. The van der Waals surface area contributed by atoms with Crippen molar-refractivity contribution in [1.29, 1.82) is 0 Å². The molecule has 1 aromatic heterocycles. The summed E-state index contributed by atoms with van der Waals surface area (Å²) in [5.41, 5.74) is 0. The third-order valence-electron chi connectivity index (χ3n) is 3.27. The molecule has 0 aliphatic carbocycles. The van der Waals surface area contributed by atoms with Crippen LogP contribution in [0.1, 0.15) is 27.2 Å². The second-order valence-electron chi connectivity index (χ2n) is 4.69. The zero-order valence-electron chi connectivity index (χ0n) is 12.5. The molecule has 1 atom stereocenters. The van der Waals surface area contributed by atoms with Crippen molar-refractivity contribution in [3.05, 3.63) is 0 Å². The van der Waals surface area contributed by atoms with Crippen LogP contribution < -0.4 is 15.5 Å². The molecular formula is C13H24N6O. The van der Waals surface area contributed by atoms with Crippen molar-refractivity contribution in [3.8, 4) is 0 Å². The summed E-state index contributed by atoms with van der Waals surface area (Å²) < 4.78 is 5.37. The average molecular weight is 280 g/mol. The van der Waals surface area contributed by atoms with Gasteiger partial charge in [-0.3, -0.25) is 0 Å². The summed E-state index contributed by atoms with van der Waals surface area (Å²) in [6.45, 7) is 10.3. The van der Waals surface area contributed by atoms with Gasteiger partial charge in [0.15, 0.2) is 0 Å². The van der Waals surface area contributed by atoms with Gasteiger partial charge in [-0.15, -0.1) is 0 Å². The van der Waals surface area contributed by atoms with E-state index in [1.54, 1.807) is 0 Å². The standard InChI is InChI=1S/C13H24N6O/c1-4-14-11-16-12(15-10-7-8-20-9-10)18-13(17-11)19(5-2)6-3/h10H,4-9H2,1-3H3,(H2,14,15,16,17,18). The van der Waals surface area contributed by atoms with Crippen molar-refractivity contribution in [3.63, 3.8) is 0 Å². The smallest absolute Gasteiger partial charge is 0.231 e. The molecule has 0 bridgehead atoms. The fourth-order valence-corrected chi connectivity index (χ4v) is 2.15. The summed E-state index contributed by atoms with van der Waals surface area (Å²) in [5.74, 6) is 1.95. The van der Waals surface area contributed by atoms with Gasteiger partial charge in [-0.2, -0.15) is 15.0 Å². The lowest BCUT2D eigenvalue weighted by molar-refractivity contribution is 0.195. The predicted octanol–water partition coefficient (Wildman–Crippen LogP) is 1.35. The maximum absolute atomic E-state index is 5.37. The molecule has 1 fully saturated rings. The quantitative estimate of drug-likeness (QED) is 0.780. The highest BCUT2D eigenvalue weighted by atomic mass is 16.5. The van der Waals surface area contributed by atoms with Crippen LogP contribution in [0.3, 0.4) is 0 Å². The van der Waals surface area contributed by atoms with Gasteiger partial charge in [-0.25, -0.2) is 0 Å². The number of hydrogen-bond acceptors (Lipinski definition) is 7. The molecule has 112 valence electrons. The van der Waals surface area contributed by atoms with Crippen LogP contribution in [0.15, 0.2) is 0 Å². The molecule has 20 heavy (non-hydrogen) atoms. The molecule has 1 aromatic rings. The Kier molecular flexibility index (Phi) is 5.34. The van der Waals surface area contributed by atoms with Crippen molar-refractivity contribution >= 4 is 17.8 Å². The van der Waals surface area contributed by atoms with E-state index in [1.807, 2.05) is 6.92 Å². The molecule has 0 spiro atoms. The lowest BCUT2D eigenvalue weighted by Crippen LogP contribution is -2.27. The minimum Gasteiger partial charge on any atom is -0.379 e. The number of rotatable bonds is 7. The highest BCUT2D eigenvalue weighted by Gasteiger charge is 2.18. The minimum absolute atomic E-state index is 0.288. The van der Waals surface area contributed by atoms with E-state index in [0.717, 1.165) is 32.7 Å². The maximum Gasteiger partial charge on any atom is 0.231 e. The van der Waals surface area contributed by atoms with E-state index >= 15 is 0 Å². The Balaban J connectivity index is 2.19. The first kappa shape index (κ1) is 14.8. The molecule has 1 saturated heterocycles. The average Bonchev–Trinajstić information content (AvgIpc) is 2.93. The van der Waals surface area contributed by atoms with Gasteiger partial charge in [0.2, 0.25) is 17.8 Å². The van der Waals surface area contributed by atoms with Crippen LogP contribution >= 0.6 is 0 Å². The normalized spacial score (nSPS) is 18.1. The molecule has 0 saturated carbocycles. The molecule has 1 aliphatic rings. The van der Waals surface area contributed by atoms with Gasteiger partial charge in [0.05, 0.1) is 12.6 Å². The van der Waals surface area contributed by atoms with Crippen molar-refractivity contribution in [1.82, 2.24) is 15.0 Å². The molecule has 1 aliphatic heterocycles. The molecule has 0 amide bonds. The molecule has 2 rings (SSSR count). The lowest BCUT2D eigenvalue weighted by Gasteiger charge is -2.20. The molecule has 7 nitrogen and oxygen atoms in total. The fraction of sp³-hybridized carbons (Fsp3) is 0.769. The first-order valence-electron chi connectivity index (χ1n) is 7.36. The number of ether oxygens (including phenoxy) is 1. The van der Waals surface area contributed by atoms with Crippen molar-refractivity contribution < 1.29 is 4.74 Å². The monoisotopic (exact) mass is 280 g/mol. The first-order chi connectivity index (χ1) is 9.76. The zero-order chi connectivity index (χ0) is 14.4. The van der Waals surface area contributed by atoms with E-state index in [-0.39, 0.29) is 6.04 Å². The summed E-state index contributed by atoms with van der Waals surface area (Å²) in [6.07, 6.45) is 0.989. The summed E-state index contributed by atoms with van der Waals surface area (Å²) in [5, 5.41) is 6.49. The Morgan fingerprint density at radius 1 is 1.15 bits per heavy atom. The molecule has 2 heterocycles. The van der Waals surface area contributed by atoms with E-state index in [4.69, 9.17) is 4.74 Å². The van der Waals surface area contributed by atoms with Crippen molar-refractivity contribution in [2.24, 2.45) is 0 Å². The number of nitrogens with zero attached hydrogens (tertiary/aromatic N) is 4. The van der Waals surface area contributed by atoms with Gasteiger partial charge in [0.1, 0.15) is 0 Å². The molecule has 1 unspecified atom stereocenters. The van der Waals surface area contributed by atoms with E-state index in [2.05, 4.69) is 44.3 Å². The van der Waals surface area contributed by atoms with Crippen molar-refractivity contribution in [2.45, 2.75) is 33.2 Å². The third-order valence-corrected chi connectivity index (χ3v) is 3.27. The topological polar surface area (TPSA) is 75.2 Å². The van der Waals surface area contributed by atoms with E-state index in [9.17, 15) is 0 Å². The Labute approximate surface area is 120 Å². The van der Waals surface area contributed by atoms with E-state index < -0.39 is 0 Å². The van der Waals surface area contributed by atoms with Gasteiger partial charge in [-0.1, -0.05) is 0 Å². The highest BCUT2D eigenvalue weighted by molar-refractivity contribution is 5.44. The highest BCUT2D eigenvalue weighted by Crippen LogP contribution is 2.16. The van der Waals surface area contributed by atoms with Crippen LogP contribution in [0, 0.1) is 0 Å². The fourth-order valence-electron chi connectivity index (χ4n) is 2.15. The lowest BCUT2D eigenvalue weighted by atomic mass is 10.3. The number of anilines is 3. The molecule has 2 N–H and O–H groups in total. The van der Waals surface area contributed by atoms with E-state index in [1.165, 1.54) is 0 Å². The Hall–Kier alpha value is -1.63. The SMILES string of the molecule is CCNc1nc(NC2CCOC2)nc(N(CC)CC)n1. The molecule has 7 heteroatoms. The first-order valence-corrected chi connectivity index (χ1v) is 7.36.